The number of methoxy groups -OCH3 is 1. The third-order valence-electron chi connectivity index (χ3n) is 4.60. The number of halogens is 1. The molecular formula is C20H21FN2O5S. The number of primary amides is 1. The molecule has 1 aromatic heterocycles. The molecule has 154 valence electrons. The number of ether oxygens (including phenoxy) is 2. The summed E-state index contributed by atoms with van der Waals surface area (Å²) in [5.74, 6) is -2.34. The molecule has 3 N–H and O–H groups in total. The lowest BCUT2D eigenvalue weighted by Crippen LogP contribution is -2.23. The van der Waals surface area contributed by atoms with Gasteiger partial charge in [0, 0.05) is 4.88 Å². The number of anilines is 1. The molecule has 3 rings (SSSR count). The van der Waals surface area contributed by atoms with Crippen LogP contribution in [0.5, 0.6) is 5.75 Å². The molecule has 0 radical (unpaired) electrons. The number of esters is 1. The van der Waals surface area contributed by atoms with Crippen molar-refractivity contribution in [2.45, 2.75) is 32.1 Å². The predicted molar refractivity (Wildman–Crippen MR) is 106 cm³/mol. The third kappa shape index (κ3) is 4.92. The van der Waals surface area contributed by atoms with E-state index in [1.807, 2.05) is 0 Å². The van der Waals surface area contributed by atoms with E-state index in [2.05, 4.69) is 5.32 Å². The molecule has 0 atom stereocenters. The van der Waals surface area contributed by atoms with E-state index in [9.17, 15) is 18.8 Å². The second kappa shape index (κ2) is 9.04. The van der Waals surface area contributed by atoms with E-state index in [1.54, 1.807) is 6.07 Å². The van der Waals surface area contributed by atoms with Gasteiger partial charge < -0.3 is 20.5 Å². The number of rotatable bonds is 7. The average Bonchev–Trinajstić information content (AvgIpc) is 3.04. The van der Waals surface area contributed by atoms with Crippen molar-refractivity contribution in [3.8, 4) is 5.75 Å². The van der Waals surface area contributed by atoms with E-state index >= 15 is 0 Å². The fourth-order valence-corrected chi connectivity index (χ4v) is 4.57. The minimum Gasteiger partial charge on any atom is -0.494 e. The fraction of sp³-hybridized carbons (Fsp3) is 0.350. The predicted octanol–water partition coefficient (Wildman–Crippen LogP) is 2.60. The Kier molecular flexibility index (Phi) is 6.48. The van der Waals surface area contributed by atoms with Crippen LogP contribution in [0.1, 0.15) is 39.2 Å². The second-order valence-corrected chi connectivity index (χ2v) is 7.74. The summed E-state index contributed by atoms with van der Waals surface area (Å²) in [7, 11) is 1.35. The number of hydrogen-bond donors (Lipinski definition) is 2. The Morgan fingerprint density at radius 3 is 2.69 bits per heavy atom. The molecule has 0 aliphatic heterocycles. The van der Waals surface area contributed by atoms with Crippen LogP contribution in [0.4, 0.5) is 9.39 Å². The number of nitrogens with two attached hydrogens (primary N) is 1. The van der Waals surface area contributed by atoms with E-state index in [1.165, 1.54) is 30.6 Å². The molecular weight excluding hydrogens is 399 g/mol. The molecule has 0 bridgehead atoms. The van der Waals surface area contributed by atoms with Crippen LogP contribution in [0.2, 0.25) is 0 Å². The molecule has 1 aliphatic carbocycles. The molecule has 0 saturated carbocycles. The maximum Gasteiger partial charge on any atom is 0.310 e. The van der Waals surface area contributed by atoms with Crippen LogP contribution in [0, 0.1) is 5.82 Å². The average molecular weight is 420 g/mol. The summed E-state index contributed by atoms with van der Waals surface area (Å²) in [6.45, 7) is -0.516. The van der Waals surface area contributed by atoms with Gasteiger partial charge in [0.1, 0.15) is 5.00 Å². The largest absolute Gasteiger partial charge is 0.494 e. The van der Waals surface area contributed by atoms with Crippen molar-refractivity contribution < 1.29 is 28.2 Å². The van der Waals surface area contributed by atoms with E-state index in [0.29, 0.717) is 16.1 Å². The number of carbonyl (C=O) groups is 3. The summed E-state index contributed by atoms with van der Waals surface area (Å²) in [4.78, 5) is 37.0. The zero-order chi connectivity index (χ0) is 21.0. The first-order chi connectivity index (χ1) is 13.9. The van der Waals surface area contributed by atoms with Crippen molar-refractivity contribution in [3.63, 3.8) is 0 Å². The highest BCUT2D eigenvalue weighted by Crippen LogP contribution is 2.37. The zero-order valence-corrected chi connectivity index (χ0v) is 16.7. The van der Waals surface area contributed by atoms with Gasteiger partial charge in [0.15, 0.2) is 18.2 Å². The van der Waals surface area contributed by atoms with Gasteiger partial charge in [-0.2, -0.15) is 0 Å². The first-order valence-corrected chi connectivity index (χ1v) is 9.93. The third-order valence-corrected chi connectivity index (χ3v) is 5.81. The molecule has 0 fully saturated rings. The lowest BCUT2D eigenvalue weighted by Gasteiger charge is -2.11. The normalized spacial score (nSPS) is 12.8. The smallest absolute Gasteiger partial charge is 0.310 e. The highest BCUT2D eigenvalue weighted by atomic mass is 32.1. The van der Waals surface area contributed by atoms with E-state index in [4.69, 9.17) is 15.2 Å². The SMILES string of the molecule is COc1ccc(CC(=O)OCC(=O)Nc2sc3c(c2C(N)=O)CCCC3)cc1F. The molecule has 0 saturated heterocycles. The topological polar surface area (TPSA) is 108 Å². The van der Waals surface area contributed by atoms with Gasteiger partial charge in [0.25, 0.3) is 11.8 Å². The molecule has 0 unspecified atom stereocenters. The van der Waals surface area contributed by atoms with Crippen molar-refractivity contribution in [1.82, 2.24) is 0 Å². The number of aryl methyl sites for hydroxylation is 1. The van der Waals surface area contributed by atoms with Crippen LogP contribution in [0.25, 0.3) is 0 Å². The Bertz CT molecular complexity index is 957. The molecule has 1 heterocycles. The summed E-state index contributed by atoms with van der Waals surface area (Å²) < 4.78 is 23.5. The van der Waals surface area contributed by atoms with Crippen LogP contribution in [0.3, 0.4) is 0 Å². The Labute approximate surface area is 171 Å². The van der Waals surface area contributed by atoms with E-state index in [0.717, 1.165) is 36.1 Å². The Morgan fingerprint density at radius 1 is 1.24 bits per heavy atom. The summed E-state index contributed by atoms with van der Waals surface area (Å²) in [5.41, 5.74) is 7.14. The van der Waals surface area contributed by atoms with Crippen LogP contribution in [-0.4, -0.2) is 31.5 Å². The van der Waals surface area contributed by atoms with Crippen LogP contribution < -0.4 is 15.8 Å². The highest BCUT2D eigenvalue weighted by Gasteiger charge is 2.25. The van der Waals surface area contributed by atoms with Gasteiger partial charge in [-0.3, -0.25) is 14.4 Å². The van der Waals surface area contributed by atoms with Crippen LogP contribution in [0.15, 0.2) is 18.2 Å². The molecule has 2 aromatic rings. The first-order valence-electron chi connectivity index (χ1n) is 9.11. The Hall–Kier alpha value is -2.94. The lowest BCUT2D eigenvalue weighted by atomic mass is 9.95. The standard InChI is InChI=1S/C20H21FN2O5S/c1-27-14-7-6-11(8-13(14)21)9-17(25)28-10-16(24)23-20-18(19(22)26)12-4-2-3-5-15(12)29-20/h6-8H,2-5,9-10H2,1H3,(H2,22,26)(H,23,24). The number of carbonyl (C=O) groups excluding carboxylic acids is 3. The van der Waals surface area contributed by atoms with Crippen molar-refractivity contribution in [2.24, 2.45) is 5.73 Å². The quantitative estimate of drug-likeness (QED) is 0.670. The monoisotopic (exact) mass is 420 g/mol. The molecule has 1 aromatic carbocycles. The maximum atomic E-state index is 13.7. The molecule has 2 amide bonds. The van der Waals surface area contributed by atoms with Crippen LogP contribution in [-0.2, 0) is 33.6 Å². The van der Waals surface area contributed by atoms with Crippen LogP contribution >= 0.6 is 11.3 Å². The molecule has 29 heavy (non-hydrogen) atoms. The van der Waals surface area contributed by atoms with Gasteiger partial charge >= 0.3 is 5.97 Å². The molecule has 7 nitrogen and oxygen atoms in total. The number of benzene rings is 1. The number of amides is 2. The lowest BCUT2D eigenvalue weighted by molar-refractivity contribution is -0.146. The van der Waals surface area contributed by atoms with Crippen molar-refractivity contribution in [1.29, 1.82) is 0 Å². The van der Waals surface area contributed by atoms with Gasteiger partial charge in [-0.25, -0.2) is 4.39 Å². The Balaban J connectivity index is 1.57. The summed E-state index contributed by atoms with van der Waals surface area (Å²) in [5, 5.41) is 3.01. The summed E-state index contributed by atoms with van der Waals surface area (Å²) in [6.07, 6.45) is 3.43. The summed E-state index contributed by atoms with van der Waals surface area (Å²) in [6, 6.07) is 4.13. The van der Waals surface area contributed by atoms with Gasteiger partial charge in [-0.15, -0.1) is 11.3 Å². The highest BCUT2D eigenvalue weighted by molar-refractivity contribution is 7.17. The molecule has 1 aliphatic rings. The van der Waals surface area contributed by atoms with Gasteiger partial charge in [0.2, 0.25) is 0 Å². The molecule has 9 heteroatoms. The van der Waals surface area contributed by atoms with Gasteiger partial charge in [-0.05, 0) is 48.9 Å². The maximum absolute atomic E-state index is 13.7. The fourth-order valence-electron chi connectivity index (χ4n) is 3.26. The minimum absolute atomic E-state index is 0.0744. The number of fused-ring (bicyclic) bond motifs is 1. The minimum atomic E-state index is -0.676. The number of hydrogen-bond acceptors (Lipinski definition) is 6. The Morgan fingerprint density at radius 2 is 2.00 bits per heavy atom. The first kappa shape index (κ1) is 20.8. The summed E-state index contributed by atoms with van der Waals surface area (Å²) >= 11 is 1.33. The van der Waals surface area contributed by atoms with Crippen molar-refractivity contribution >= 4 is 34.1 Å². The van der Waals surface area contributed by atoms with Crippen molar-refractivity contribution in [2.75, 3.05) is 19.0 Å². The molecule has 0 spiro atoms. The zero-order valence-electron chi connectivity index (χ0n) is 15.9. The van der Waals surface area contributed by atoms with Gasteiger partial charge in [-0.1, -0.05) is 6.07 Å². The number of nitrogens with one attached hydrogen (secondary N) is 1. The van der Waals surface area contributed by atoms with Crippen molar-refractivity contribution in [3.05, 3.63) is 45.6 Å². The van der Waals surface area contributed by atoms with E-state index < -0.39 is 30.2 Å². The second-order valence-electron chi connectivity index (χ2n) is 6.63. The van der Waals surface area contributed by atoms with E-state index in [-0.39, 0.29) is 12.2 Å². The van der Waals surface area contributed by atoms with Gasteiger partial charge in [0.05, 0.1) is 19.1 Å². The number of thiophene rings is 1.